The molecule has 0 bridgehead atoms. The van der Waals surface area contributed by atoms with E-state index in [0.29, 0.717) is 12.8 Å². The van der Waals surface area contributed by atoms with Crippen molar-refractivity contribution in [2.24, 2.45) is 0 Å². The largest absolute Gasteiger partial charge is 0.370 e. The molecule has 0 unspecified atom stereocenters. The molecule has 0 aromatic heterocycles. The zero-order valence-electron chi connectivity index (χ0n) is 11.8. The molecule has 1 saturated heterocycles. The Balaban J connectivity index is 1.80. The first kappa shape index (κ1) is 13.5. The highest BCUT2D eigenvalue weighted by atomic mass is 32.2. The van der Waals surface area contributed by atoms with Crippen molar-refractivity contribution in [3.8, 4) is 0 Å². The van der Waals surface area contributed by atoms with Crippen LogP contribution < -0.4 is 20.9 Å². The Morgan fingerprint density at radius 1 is 1.20 bits per heavy atom. The van der Waals surface area contributed by atoms with Crippen LogP contribution in [-0.4, -0.2) is 40.1 Å². The third-order valence-electron chi connectivity index (χ3n) is 4.12. The summed E-state index contributed by atoms with van der Waals surface area (Å²) in [5, 5.41) is 1.74. The minimum Gasteiger partial charge on any atom is -0.370 e. The van der Waals surface area contributed by atoms with Gasteiger partial charge >= 0.3 is 0 Å². The van der Waals surface area contributed by atoms with Gasteiger partial charge in [0.05, 0.1) is 22.3 Å². The van der Waals surface area contributed by atoms with Crippen LogP contribution >= 0.6 is 0 Å². The fourth-order valence-corrected chi connectivity index (χ4v) is 3.99. The Morgan fingerprint density at radius 3 is 2.50 bits per heavy atom. The maximum Gasteiger partial charge on any atom is 0.150 e. The van der Waals surface area contributed by atoms with Crippen LogP contribution in [0.1, 0.15) is 12.8 Å². The molecule has 1 fully saturated rings. The van der Waals surface area contributed by atoms with Crippen molar-refractivity contribution in [1.82, 2.24) is 5.53 Å². The van der Waals surface area contributed by atoms with Gasteiger partial charge in [-0.15, -0.1) is 5.53 Å². The van der Waals surface area contributed by atoms with E-state index in [0.717, 1.165) is 30.2 Å². The third kappa shape index (κ3) is 2.31. The van der Waals surface area contributed by atoms with Crippen molar-refractivity contribution in [3.63, 3.8) is 0 Å². The van der Waals surface area contributed by atoms with Crippen LogP contribution in [0.3, 0.4) is 0 Å². The number of benzene rings is 1. The van der Waals surface area contributed by atoms with Crippen LogP contribution in [0.15, 0.2) is 18.2 Å². The van der Waals surface area contributed by atoms with Gasteiger partial charge in [-0.1, -0.05) is 6.07 Å². The van der Waals surface area contributed by atoms with E-state index in [1.165, 1.54) is 6.26 Å². The number of piperidine rings is 1. The molecule has 110 valence electrons. The smallest absolute Gasteiger partial charge is 0.150 e. The minimum absolute atomic E-state index is 0.190. The molecule has 20 heavy (non-hydrogen) atoms. The second kappa shape index (κ2) is 4.82. The van der Waals surface area contributed by atoms with E-state index in [9.17, 15) is 8.42 Å². The van der Waals surface area contributed by atoms with Crippen molar-refractivity contribution < 1.29 is 8.42 Å². The van der Waals surface area contributed by atoms with Gasteiger partial charge in [0.15, 0.2) is 0 Å². The molecular formula is C13H20N4O2S. The fourth-order valence-electron chi connectivity index (χ4n) is 2.92. The van der Waals surface area contributed by atoms with Gasteiger partial charge in [0.25, 0.3) is 0 Å². The first-order valence-corrected chi connectivity index (χ1v) is 8.74. The number of nitrogens with one attached hydrogen (secondary N) is 2. The van der Waals surface area contributed by atoms with E-state index >= 15 is 0 Å². The van der Waals surface area contributed by atoms with Gasteiger partial charge in [0.1, 0.15) is 9.84 Å². The van der Waals surface area contributed by atoms with Crippen molar-refractivity contribution in [2.75, 3.05) is 41.7 Å². The summed E-state index contributed by atoms with van der Waals surface area (Å²) in [4.78, 5) is 2.26. The molecule has 2 aliphatic heterocycles. The van der Waals surface area contributed by atoms with E-state index in [4.69, 9.17) is 0 Å². The molecule has 3 rings (SSSR count). The molecule has 1 aromatic rings. The summed E-state index contributed by atoms with van der Waals surface area (Å²) in [5.41, 5.74) is 9.53. The topological polar surface area (TPSA) is 64.7 Å². The highest BCUT2D eigenvalue weighted by Gasteiger charge is 2.29. The van der Waals surface area contributed by atoms with E-state index in [2.05, 4.69) is 28.0 Å². The zero-order valence-corrected chi connectivity index (χ0v) is 12.6. The van der Waals surface area contributed by atoms with Crippen LogP contribution in [0.5, 0.6) is 0 Å². The molecule has 2 aliphatic rings. The lowest BCUT2D eigenvalue weighted by Crippen LogP contribution is -2.39. The first-order valence-electron chi connectivity index (χ1n) is 6.79. The number of nitrogens with zero attached hydrogens (tertiary/aromatic N) is 2. The molecule has 0 radical (unpaired) electrons. The highest BCUT2D eigenvalue weighted by molar-refractivity contribution is 7.91. The third-order valence-corrected chi connectivity index (χ3v) is 5.80. The SMILES string of the molecule is CN1NNc2c(N3CCC(S(C)(=O)=O)CC3)cccc21. The van der Waals surface area contributed by atoms with E-state index in [1.807, 2.05) is 18.1 Å². The van der Waals surface area contributed by atoms with Crippen LogP contribution in [0.4, 0.5) is 17.1 Å². The molecule has 1 aromatic carbocycles. The predicted molar refractivity (Wildman–Crippen MR) is 81.7 cm³/mol. The molecule has 0 amide bonds. The van der Waals surface area contributed by atoms with Gasteiger partial charge in [0.2, 0.25) is 0 Å². The molecule has 0 atom stereocenters. The Kier molecular flexibility index (Phi) is 3.25. The number of para-hydroxylation sites is 1. The van der Waals surface area contributed by atoms with Gasteiger partial charge in [-0.3, -0.25) is 10.4 Å². The van der Waals surface area contributed by atoms with E-state index in [1.54, 1.807) is 0 Å². The number of fused-ring (bicyclic) bond motifs is 1. The molecule has 7 heteroatoms. The lowest BCUT2D eigenvalue weighted by molar-refractivity contribution is 0.534. The number of anilines is 3. The average Bonchev–Trinajstić information content (AvgIpc) is 2.80. The van der Waals surface area contributed by atoms with Crippen LogP contribution in [0.2, 0.25) is 0 Å². The van der Waals surface area contributed by atoms with Gasteiger partial charge < -0.3 is 4.90 Å². The molecular weight excluding hydrogens is 276 g/mol. The maximum absolute atomic E-state index is 11.6. The summed E-state index contributed by atoms with van der Waals surface area (Å²) in [6.07, 6.45) is 2.74. The Hall–Kier alpha value is -1.47. The standard InChI is InChI=1S/C13H20N4O2S/c1-16-11-4-3-5-12(13(11)14-15-16)17-8-6-10(7-9-17)20(2,18)19/h3-5,10,14-15H,6-9H2,1-2H3. The predicted octanol–water partition coefficient (Wildman–Crippen LogP) is 0.981. The Morgan fingerprint density at radius 2 is 1.85 bits per heavy atom. The van der Waals surface area contributed by atoms with Gasteiger partial charge in [-0.25, -0.2) is 8.42 Å². The lowest BCUT2D eigenvalue weighted by Gasteiger charge is -2.33. The number of sulfone groups is 1. The highest BCUT2D eigenvalue weighted by Crippen LogP contribution is 2.38. The number of hydrogen-bond donors (Lipinski definition) is 2. The van der Waals surface area contributed by atoms with E-state index < -0.39 is 9.84 Å². The maximum atomic E-state index is 11.6. The zero-order chi connectivity index (χ0) is 14.3. The normalized spacial score (nSPS) is 19.9. The summed E-state index contributed by atoms with van der Waals surface area (Å²) in [6.45, 7) is 1.55. The first-order chi connectivity index (χ1) is 9.47. The van der Waals surface area contributed by atoms with Crippen LogP contribution in [-0.2, 0) is 9.84 Å². The second-order valence-corrected chi connectivity index (χ2v) is 7.81. The van der Waals surface area contributed by atoms with Crippen molar-refractivity contribution >= 4 is 26.9 Å². The fraction of sp³-hybridized carbons (Fsp3) is 0.538. The second-order valence-electron chi connectivity index (χ2n) is 5.48. The minimum atomic E-state index is -2.91. The molecule has 2 heterocycles. The monoisotopic (exact) mass is 296 g/mol. The van der Waals surface area contributed by atoms with Gasteiger partial charge in [-0.2, -0.15) is 0 Å². The summed E-state index contributed by atoms with van der Waals surface area (Å²) in [6, 6.07) is 6.16. The summed E-state index contributed by atoms with van der Waals surface area (Å²) in [7, 11) is -0.958. The average molecular weight is 296 g/mol. The van der Waals surface area contributed by atoms with Gasteiger partial charge in [0, 0.05) is 26.4 Å². The molecule has 0 aliphatic carbocycles. The Bertz CT molecular complexity index is 609. The lowest BCUT2D eigenvalue weighted by atomic mass is 10.1. The Labute approximate surface area is 119 Å². The molecule has 6 nitrogen and oxygen atoms in total. The quantitative estimate of drug-likeness (QED) is 0.848. The van der Waals surface area contributed by atoms with Crippen molar-refractivity contribution in [3.05, 3.63) is 18.2 Å². The number of rotatable bonds is 2. The molecule has 0 spiro atoms. The van der Waals surface area contributed by atoms with Crippen LogP contribution in [0, 0.1) is 0 Å². The molecule has 0 saturated carbocycles. The van der Waals surface area contributed by atoms with Crippen molar-refractivity contribution in [1.29, 1.82) is 0 Å². The number of hydrogen-bond acceptors (Lipinski definition) is 6. The summed E-state index contributed by atoms with van der Waals surface area (Å²) < 4.78 is 23.2. The molecule has 2 N–H and O–H groups in total. The van der Waals surface area contributed by atoms with E-state index in [-0.39, 0.29) is 5.25 Å². The summed E-state index contributed by atoms with van der Waals surface area (Å²) in [5.74, 6) is 0. The van der Waals surface area contributed by atoms with Crippen molar-refractivity contribution in [2.45, 2.75) is 18.1 Å². The van der Waals surface area contributed by atoms with Gasteiger partial charge in [-0.05, 0) is 25.0 Å². The number of hydrazine groups is 2. The summed E-state index contributed by atoms with van der Waals surface area (Å²) >= 11 is 0. The van der Waals surface area contributed by atoms with Crippen LogP contribution in [0.25, 0.3) is 0 Å².